The maximum atomic E-state index is 14.4. The second kappa shape index (κ2) is 12.3. The van der Waals surface area contributed by atoms with E-state index in [9.17, 15) is 27.6 Å². The number of aromatic nitrogens is 2. The van der Waals surface area contributed by atoms with Gasteiger partial charge < -0.3 is 19.9 Å². The Bertz CT molecular complexity index is 1670. The summed E-state index contributed by atoms with van der Waals surface area (Å²) in [7, 11) is 2.73. The summed E-state index contributed by atoms with van der Waals surface area (Å²) in [5.74, 6) is -2.50. The smallest absolute Gasteiger partial charge is 0.298 e. The molecule has 2 heterocycles. The van der Waals surface area contributed by atoms with E-state index in [1.54, 1.807) is 13.0 Å². The van der Waals surface area contributed by atoms with E-state index >= 15 is 0 Å². The zero-order chi connectivity index (χ0) is 29.8. The highest BCUT2D eigenvalue weighted by molar-refractivity contribution is 6.31. The summed E-state index contributed by atoms with van der Waals surface area (Å²) in [5.41, 5.74) is 0.404. The minimum Gasteiger partial charge on any atom is -0.495 e. The van der Waals surface area contributed by atoms with Crippen LogP contribution in [0.2, 0.25) is 5.02 Å². The summed E-state index contributed by atoms with van der Waals surface area (Å²) in [4.78, 5) is 38.2. The number of hydrogen-bond acceptors (Lipinski definition) is 6. The number of alkyl halides is 2. The molecule has 0 fully saturated rings. The van der Waals surface area contributed by atoms with Crippen molar-refractivity contribution < 1.29 is 32.0 Å². The molecule has 2 aromatic heterocycles. The number of carbonyl (C=O) groups is 2. The number of ether oxygens (including phenoxy) is 1. The molecule has 9 nitrogen and oxygen atoms in total. The van der Waals surface area contributed by atoms with Crippen LogP contribution in [0.5, 0.6) is 5.75 Å². The Kier molecular flexibility index (Phi) is 8.82. The molecular formula is C28H24ClF3N4O5. The van der Waals surface area contributed by atoms with E-state index in [-0.39, 0.29) is 34.7 Å². The van der Waals surface area contributed by atoms with Gasteiger partial charge in [0.25, 0.3) is 17.9 Å². The van der Waals surface area contributed by atoms with Gasteiger partial charge in [-0.1, -0.05) is 29.7 Å². The molecule has 0 saturated carbocycles. The molecule has 0 spiro atoms. The molecule has 0 saturated heterocycles. The molecule has 0 bridgehead atoms. The fourth-order valence-electron chi connectivity index (χ4n) is 4.27. The van der Waals surface area contributed by atoms with Crippen molar-refractivity contribution in [1.29, 1.82) is 0 Å². The number of anilines is 1. The molecule has 0 aliphatic heterocycles. The highest BCUT2D eigenvalue weighted by Gasteiger charge is 2.24. The number of nitrogens with one attached hydrogen (secondary N) is 2. The van der Waals surface area contributed by atoms with Crippen LogP contribution in [0.15, 0.2) is 64.0 Å². The third-order valence-electron chi connectivity index (χ3n) is 6.29. The number of methoxy groups -OCH3 is 1. The third kappa shape index (κ3) is 6.12. The number of amides is 2. The fourth-order valence-corrected chi connectivity index (χ4v) is 4.44. The number of pyridine rings is 1. The summed E-state index contributed by atoms with van der Waals surface area (Å²) in [6.45, 7) is 1.69. The molecule has 4 rings (SSSR count). The van der Waals surface area contributed by atoms with Gasteiger partial charge in [0.15, 0.2) is 0 Å². The van der Waals surface area contributed by atoms with E-state index in [0.717, 1.165) is 12.1 Å². The van der Waals surface area contributed by atoms with E-state index < -0.39 is 41.4 Å². The van der Waals surface area contributed by atoms with Crippen molar-refractivity contribution in [2.75, 3.05) is 19.5 Å². The zero-order valence-electron chi connectivity index (χ0n) is 22.0. The lowest BCUT2D eigenvalue weighted by Gasteiger charge is -2.20. The minimum atomic E-state index is -2.87. The molecular weight excluding hydrogens is 565 g/mol. The van der Waals surface area contributed by atoms with Gasteiger partial charge in [-0.15, -0.1) is 0 Å². The maximum Gasteiger partial charge on any atom is 0.298 e. The second-order valence-electron chi connectivity index (χ2n) is 8.79. The van der Waals surface area contributed by atoms with Crippen molar-refractivity contribution in [3.8, 4) is 28.1 Å². The normalized spacial score (nSPS) is 11.8. The molecule has 0 aliphatic rings. The highest BCUT2D eigenvalue weighted by atomic mass is 35.5. The molecule has 1 atom stereocenters. The SMILES string of the molecule is CCC(C(=O)Nc1ccc(C(=O)NC)c(F)c1)n1cc(OC)c(-c2cc(Cl)ccc2-c2cc(C(F)F)on2)cc1=O. The van der Waals surface area contributed by atoms with Crippen molar-refractivity contribution in [3.63, 3.8) is 0 Å². The number of hydrogen-bond donors (Lipinski definition) is 2. The van der Waals surface area contributed by atoms with Gasteiger partial charge in [-0.2, -0.15) is 0 Å². The van der Waals surface area contributed by atoms with Crippen molar-refractivity contribution >= 4 is 29.1 Å². The van der Waals surface area contributed by atoms with Crippen molar-refractivity contribution in [2.45, 2.75) is 25.8 Å². The minimum absolute atomic E-state index is 0.0922. The van der Waals surface area contributed by atoms with Gasteiger partial charge in [-0.25, -0.2) is 13.2 Å². The first-order valence-corrected chi connectivity index (χ1v) is 12.6. The summed E-state index contributed by atoms with van der Waals surface area (Å²) in [5, 5.41) is 8.92. The number of benzene rings is 2. The number of halogens is 4. The monoisotopic (exact) mass is 588 g/mol. The largest absolute Gasteiger partial charge is 0.495 e. The summed E-state index contributed by atoms with van der Waals surface area (Å²) >= 11 is 6.22. The van der Waals surface area contributed by atoms with Crippen molar-refractivity contribution in [2.24, 2.45) is 0 Å². The predicted octanol–water partition coefficient (Wildman–Crippen LogP) is 5.86. The van der Waals surface area contributed by atoms with Crippen molar-refractivity contribution in [1.82, 2.24) is 15.0 Å². The molecule has 0 aliphatic carbocycles. The Balaban J connectivity index is 1.72. The molecule has 0 radical (unpaired) electrons. The van der Waals surface area contributed by atoms with Crippen LogP contribution in [0.4, 0.5) is 18.9 Å². The molecule has 2 N–H and O–H groups in total. The lowest BCUT2D eigenvalue weighted by Crippen LogP contribution is -2.32. The first kappa shape index (κ1) is 29.4. The molecule has 41 heavy (non-hydrogen) atoms. The summed E-state index contributed by atoms with van der Waals surface area (Å²) in [6.07, 6.45) is -1.34. The molecule has 4 aromatic rings. The Morgan fingerprint density at radius 1 is 1.10 bits per heavy atom. The van der Waals surface area contributed by atoms with E-state index in [1.807, 2.05) is 0 Å². The zero-order valence-corrected chi connectivity index (χ0v) is 22.8. The van der Waals surface area contributed by atoms with E-state index in [0.29, 0.717) is 16.1 Å². The van der Waals surface area contributed by atoms with Crippen LogP contribution in [0.3, 0.4) is 0 Å². The van der Waals surface area contributed by atoms with Gasteiger partial charge in [-0.05, 0) is 42.3 Å². The molecule has 214 valence electrons. The van der Waals surface area contributed by atoms with Gasteiger partial charge in [0.05, 0.1) is 18.9 Å². The van der Waals surface area contributed by atoms with E-state index in [2.05, 4.69) is 15.8 Å². The van der Waals surface area contributed by atoms with Gasteiger partial charge >= 0.3 is 0 Å². The molecule has 2 amide bonds. The van der Waals surface area contributed by atoms with Crippen LogP contribution in [-0.4, -0.2) is 35.7 Å². The number of carbonyl (C=O) groups excluding carboxylic acids is 2. The molecule has 13 heteroatoms. The van der Waals surface area contributed by atoms with Gasteiger partial charge in [0.2, 0.25) is 11.7 Å². The Morgan fingerprint density at radius 3 is 2.46 bits per heavy atom. The average molecular weight is 589 g/mol. The van der Waals surface area contributed by atoms with Gasteiger partial charge in [0.1, 0.15) is 23.3 Å². The van der Waals surface area contributed by atoms with Crippen LogP contribution in [-0.2, 0) is 4.79 Å². The quantitative estimate of drug-likeness (QED) is 0.253. The summed E-state index contributed by atoms with van der Waals surface area (Å²) < 4.78 is 52.1. The number of nitrogens with zero attached hydrogens (tertiary/aromatic N) is 2. The van der Waals surface area contributed by atoms with Gasteiger partial charge in [0, 0.05) is 41.0 Å². The first-order valence-electron chi connectivity index (χ1n) is 12.3. The van der Waals surface area contributed by atoms with Crippen LogP contribution in [0.25, 0.3) is 22.4 Å². The van der Waals surface area contributed by atoms with E-state index in [4.69, 9.17) is 20.9 Å². The van der Waals surface area contributed by atoms with Crippen LogP contribution in [0.1, 0.15) is 41.9 Å². The fraction of sp³-hybridized carbons (Fsp3) is 0.214. The average Bonchev–Trinajstić information content (AvgIpc) is 3.44. The Hall–Kier alpha value is -4.58. The van der Waals surface area contributed by atoms with Crippen LogP contribution in [0, 0.1) is 5.82 Å². The van der Waals surface area contributed by atoms with Crippen molar-refractivity contribution in [3.05, 3.63) is 87.2 Å². The highest BCUT2D eigenvalue weighted by Crippen LogP contribution is 2.39. The van der Waals surface area contributed by atoms with Gasteiger partial charge in [-0.3, -0.25) is 19.0 Å². The lowest BCUT2D eigenvalue weighted by atomic mass is 9.97. The van der Waals surface area contributed by atoms with Crippen LogP contribution < -0.4 is 20.9 Å². The lowest BCUT2D eigenvalue weighted by molar-refractivity contribution is -0.119. The predicted molar refractivity (Wildman–Crippen MR) is 146 cm³/mol. The summed E-state index contributed by atoms with van der Waals surface area (Å²) in [6, 6.07) is 9.52. The first-order chi connectivity index (χ1) is 19.6. The van der Waals surface area contributed by atoms with E-state index in [1.165, 1.54) is 55.3 Å². The number of rotatable bonds is 9. The Labute approximate surface area is 236 Å². The van der Waals surface area contributed by atoms with Crippen LogP contribution >= 0.6 is 11.6 Å². The standard InChI is InChI=1S/C28H24ClF3N4O5/c1-4-22(28(39)34-15-6-8-17(20(30)10-15)27(38)33-2)36-13-24(40-3)19(11-25(36)37)18-9-14(29)5-7-16(18)21-12-23(26(31)32)41-35-21/h5-13,22,26H,4H2,1-3H3,(H,33,38)(H,34,39). The molecule has 2 aromatic carbocycles. The topological polar surface area (TPSA) is 115 Å². The molecule has 1 unspecified atom stereocenters. The Morgan fingerprint density at radius 2 is 1.85 bits per heavy atom. The maximum absolute atomic E-state index is 14.4. The third-order valence-corrected chi connectivity index (χ3v) is 6.52. The second-order valence-corrected chi connectivity index (χ2v) is 9.23.